The van der Waals surface area contributed by atoms with Gasteiger partial charge in [-0.2, -0.15) is 0 Å². The molecule has 0 spiro atoms. The molecule has 9 heteroatoms. The fourth-order valence-corrected chi connectivity index (χ4v) is 5.65. The van der Waals surface area contributed by atoms with Crippen LogP contribution in [0.1, 0.15) is 39.2 Å². The third-order valence-corrected chi connectivity index (χ3v) is 8.86. The lowest BCUT2D eigenvalue weighted by Gasteiger charge is -2.40. The topological polar surface area (TPSA) is 71.0 Å². The number of benzene rings is 1. The molecule has 2 aliphatic heterocycles. The average Bonchev–Trinajstić information content (AvgIpc) is 2.68. The first-order valence-corrected chi connectivity index (χ1v) is 12.3. The lowest BCUT2D eigenvalue weighted by atomic mass is 9.74. The molecule has 1 N–H and O–H groups in total. The molecule has 2 aliphatic rings. The number of ether oxygens (including phenoxy) is 1. The van der Waals surface area contributed by atoms with E-state index in [1.807, 2.05) is 25.1 Å². The number of halogens is 2. The van der Waals surface area contributed by atoms with Gasteiger partial charge < -0.3 is 15.0 Å². The molecule has 2 saturated heterocycles. The van der Waals surface area contributed by atoms with Gasteiger partial charge in [-0.15, -0.1) is 24.0 Å². The van der Waals surface area contributed by atoms with Crippen molar-refractivity contribution >= 4 is 51.4 Å². The Labute approximate surface area is 202 Å². The molecule has 0 atom stereocenters. The zero-order valence-electron chi connectivity index (χ0n) is 18.0. The molecule has 6 nitrogen and oxygen atoms in total. The summed E-state index contributed by atoms with van der Waals surface area (Å²) in [5, 5.41) is 4.09. The van der Waals surface area contributed by atoms with Crippen molar-refractivity contribution in [3.63, 3.8) is 0 Å². The van der Waals surface area contributed by atoms with Crippen molar-refractivity contribution in [2.45, 2.75) is 43.8 Å². The van der Waals surface area contributed by atoms with E-state index in [9.17, 15) is 8.42 Å². The van der Waals surface area contributed by atoms with Gasteiger partial charge in [0.15, 0.2) is 15.8 Å². The Morgan fingerprint density at radius 1 is 1.30 bits per heavy atom. The smallest absolute Gasteiger partial charge is 0.194 e. The lowest BCUT2D eigenvalue weighted by Crippen LogP contribution is -2.57. The summed E-state index contributed by atoms with van der Waals surface area (Å²) in [5.41, 5.74) is 1.07. The normalized spacial score (nSPS) is 22.8. The second-order valence-electron chi connectivity index (χ2n) is 8.57. The second-order valence-corrected chi connectivity index (χ2v) is 11.8. The summed E-state index contributed by atoms with van der Waals surface area (Å²) in [5.74, 6) is 0.931. The molecule has 2 heterocycles. The molecule has 0 unspecified atom stereocenters. The Morgan fingerprint density at radius 2 is 2.00 bits per heavy atom. The van der Waals surface area contributed by atoms with Gasteiger partial charge >= 0.3 is 0 Å². The van der Waals surface area contributed by atoms with Gasteiger partial charge in [-0.1, -0.05) is 23.7 Å². The summed E-state index contributed by atoms with van der Waals surface area (Å²) in [4.78, 5) is 7.07. The first kappa shape index (κ1) is 25.7. The Morgan fingerprint density at radius 3 is 2.60 bits per heavy atom. The highest BCUT2D eigenvalue weighted by atomic mass is 127. The Hall–Kier alpha value is -0.580. The van der Waals surface area contributed by atoms with Crippen LogP contribution in [0.5, 0.6) is 0 Å². The van der Waals surface area contributed by atoms with Crippen LogP contribution < -0.4 is 5.32 Å². The Bertz CT molecular complexity index is 855. The van der Waals surface area contributed by atoms with Crippen molar-refractivity contribution in [1.82, 2.24) is 10.2 Å². The van der Waals surface area contributed by atoms with Crippen LogP contribution in [0.3, 0.4) is 0 Å². The third kappa shape index (κ3) is 5.61. The summed E-state index contributed by atoms with van der Waals surface area (Å²) in [7, 11) is -3.09. The van der Waals surface area contributed by atoms with Crippen molar-refractivity contribution in [2.24, 2.45) is 4.99 Å². The number of aliphatic imine (C=N–C) groups is 1. The number of guanidine groups is 1. The number of rotatable bonds is 4. The molecule has 0 bridgehead atoms. The largest absolute Gasteiger partial charge is 0.381 e. The van der Waals surface area contributed by atoms with E-state index in [1.165, 1.54) is 5.56 Å². The molecule has 170 valence electrons. The van der Waals surface area contributed by atoms with E-state index in [-0.39, 0.29) is 35.1 Å². The quantitative estimate of drug-likeness (QED) is 0.342. The number of nitrogens with one attached hydrogen (secondary N) is 1. The minimum atomic E-state index is -3.09. The second kappa shape index (κ2) is 10.4. The molecule has 3 rings (SSSR count). The maximum atomic E-state index is 12.4. The van der Waals surface area contributed by atoms with Crippen LogP contribution >= 0.6 is 35.6 Å². The SMILES string of the molecule is CCNC(=NCC1(c2cccc(Cl)c2)CCOCC1)N1CCS(=O)(=O)C(C)(C)C1.I. The van der Waals surface area contributed by atoms with Gasteiger partial charge in [0.05, 0.1) is 17.0 Å². The van der Waals surface area contributed by atoms with Crippen LogP contribution in [0, 0.1) is 0 Å². The van der Waals surface area contributed by atoms with E-state index in [1.54, 1.807) is 13.8 Å². The molecule has 1 aromatic carbocycles. The van der Waals surface area contributed by atoms with Crippen molar-refractivity contribution < 1.29 is 13.2 Å². The standard InChI is InChI=1S/C21H32ClN3O3S.HI/c1-4-23-19(25-10-13-29(26,27)20(2,3)16-25)24-15-21(8-11-28-12-9-21)17-6-5-7-18(22)14-17;/h5-7,14H,4,8-13,15-16H2,1-3H3,(H,23,24);1H. The van der Waals surface area contributed by atoms with Crippen LogP contribution in [0.4, 0.5) is 0 Å². The Balaban J connectivity index is 0.00000320. The van der Waals surface area contributed by atoms with Crippen LogP contribution in [-0.2, 0) is 20.0 Å². The van der Waals surface area contributed by atoms with Crippen molar-refractivity contribution in [2.75, 3.05) is 45.1 Å². The van der Waals surface area contributed by atoms with Gasteiger partial charge in [0.2, 0.25) is 0 Å². The molecule has 0 amide bonds. The van der Waals surface area contributed by atoms with Crippen LogP contribution in [0.2, 0.25) is 5.02 Å². The minimum absolute atomic E-state index is 0. The van der Waals surface area contributed by atoms with Gasteiger partial charge in [0, 0.05) is 43.3 Å². The van der Waals surface area contributed by atoms with Crippen LogP contribution in [0.15, 0.2) is 29.3 Å². The zero-order chi connectivity index (χ0) is 21.1. The predicted molar refractivity (Wildman–Crippen MR) is 134 cm³/mol. The fourth-order valence-electron chi connectivity index (χ4n) is 4.10. The summed E-state index contributed by atoms with van der Waals surface area (Å²) >= 11 is 6.27. The van der Waals surface area contributed by atoms with E-state index in [0.717, 1.165) is 30.4 Å². The van der Waals surface area contributed by atoms with Gasteiger partial charge in [-0.25, -0.2) is 8.42 Å². The first-order chi connectivity index (χ1) is 13.7. The van der Waals surface area contributed by atoms with Gasteiger partial charge in [-0.3, -0.25) is 4.99 Å². The molecule has 1 aromatic rings. The highest BCUT2D eigenvalue weighted by Crippen LogP contribution is 2.36. The number of nitrogens with zero attached hydrogens (tertiary/aromatic N) is 2. The number of hydrogen-bond acceptors (Lipinski definition) is 4. The molecule has 2 fully saturated rings. The summed E-state index contributed by atoms with van der Waals surface area (Å²) in [6, 6.07) is 8.03. The van der Waals surface area contributed by atoms with E-state index in [4.69, 9.17) is 21.3 Å². The minimum Gasteiger partial charge on any atom is -0.381 e. The van der Waals surface area contributed by atoms with Crippen LogP contribution in [-0.4, -0.2) is 69.2 Å². The van der Waals surface area contributed by atoms with E-state index >= 15 is 0 Å². The average molecular weight is 570 g/mol. The lowest BCUT2D eigenvalue weighted by molar-refractivity contribution is 0.0530. The summed E-state index contributed by atoms with van der Waals surface area (Å²) < 4.78 is 29.6. The van der Waals surface area contributed by atoms with Gasteiger partial charge in [-0.05, 0) is 51.3 Å². The number of hydrogen-bond donors (Lipinski definition) is 1. The molecule has 0 radical (unpaired) electrons. The first-order valence-electron chi connectivity index (χ1n) is 10.3. The monoisotopic (exact) mass is 569 g/mol. The van der Waals surface area contributed by atoms with Gasteiger partial charge in [0.25, 0.3) is 0 Å². The highest BCUT2D eigenvalue weighted by Gasteiger charge is 2.41. The third-order valence-electron chi connectivity index (χ3n) is 6.10. The van der Waals surface area contributed by atoms with Crippen molar-refractivity contribution in [3.8, 4) is 0 Å². The fraction of sp³-hybridized carbons (Fsp3) is 0.667. The molecule has 30 heavy (non-hydrogen) atoms. The van der Waals surface area contributed by atoms with E-state index in [0.29, 0.717) is 32.8 Å². The zero-order valence-corrected chi connectivity index (χ0v) is 21.9. The molecule has 0 aliphatic carbocycles. The Kier molecular flexibility index (Phi) is 8.87. The predicted octanol–water partition coefficient (Wildman–Crippen LogP) is 3.48. The summed E-state index contributed by atoms with van der Waals surface area (Å²) in [6.07, 6.45) is 1.77. The molecule has 0 aromatic heterocycles. The number of sulfone groups is 1. The van der Waals surface area contributed by atoms with Crippen LogP contribution in [0.25, 0.3) is 0 Å². The molecular formula is C21H33ClIN3O3S. The summed E-state index contributed by atoms with van der Waals surface area (Å²) in [6.45, 7) is 9.27. The van der Waals surface area contributed by atoms with E-state index < -0.39 is 14.6 Å². The highest BCUT2D eigenvalue weighted by molar-refractivity contribution is 14.0. The van der Waals surface area contributed by atoms with Gasteiger partial charge in [0.1, 0.15) is 0 Å². The maximum Gasteiger partial charge on any atom is 0.194 e. The van der Waals surface area contributed by atoms with E-state index in [2.05, 4.69) is 16.3 Å². The molecule has 0 saturated carbocycles. The molecular weight excluding hydrogens is 537 g/mol. The van der Waals surface area contributed by atoms with Crippen molar-refractivity contribution in [3.05, 3.63) is 34.9 Å². The maximum absolute atomic E-state index is 12.4. The van der Waals surface area contributed by atoms with Crippen molar-refractivity contribution in [1.29, 1.82) is 0 Å².